The Morgan fingerprint density at radius 3 is 2.44 bits per heavy atom. The van der Waals surface area contributed by atoms with Crippen LogP contribution in [0.2, 0.25) is 0 Å². The molecule has 0 spiro atoms. The van der Waals surface area contributed by atoms with E-state index in [-0.39, 0.29) is 17.7 Å². The summed E-state index contributed by atoms with van der Waals surface area (Å²) >= 11 is 0. The van der Waals surface area contributed by atoms with Crippen molar-refractivity contribution in [2.45, 2.75) is 58.3 Å². The lowest BCUT2D eigenvalue weighted by atomic mass is 9.79. The van der Waals surface area contributed by atoms with Crippen molar-refractivity contribution in [2.24, 2.45) is 11.8 Å². The van der Waals surface area contributed by atoms with Crippen LogP contribution in [0.5, 0.6) is 0 Å². The monoisotopic (exact) mass is 374 g/mol. The fourth-order valence-electron chi connectivity index (χ4n) is 3.70. The van der Waals surface area contributed by atoms with E-state index in [4.69, 9.17) is 4.74 Å². The molecule has 1 saturated carbocycles. The van der Waals surface area contributed by atoms with Crippen LogP contribution in [-0.4, -0.2) is 32.1 Å². The first kappa shape index (κ1) is 21.4. The molecule has 1 aromatic carbocycles. The Bertz CT molecular complexity index is 578. The van der Waals surface area contributed by atoms with Gasteiger partial charge in [-0.25, -0.2) is 0 Å². The molecule has 5 nitrogen and oxygen atoms in total. The molecule has 27 heavy (non-hydrogen) atoms. The summed E-state index contributed by atoms with van der Waals surface area (Å²) < 4.78 is 4.91. The maximum absolute atomic E-state index is 12.5. The Morgan fingerprint density at radius 2 is 1.81 bits per heavy atom. The van der Waals surface area contributed by atoms with Gasteiger partial charge in [-0.2, -0.15) is 0 Å². The average molecular weight is 375 g/mol. The van der Waals surface area contributed by atoms with E-state index in [1.807, 2.05) is 24.3 Å². The minimum Gasteiger partial charge on any atom is -0.383 e. The number of nitrogens with one attached hydrogen (secondary N) is 2. The number of amides is 2. The van der Waals surface area contributed by atoms with Crippen molar-refractivity contribution in [1.29, 1.82) is 0 Å². The molecule has 0 bridgehead atoms. The van der Waals surface area contributed by atoms with Gasteiger partial charge in [-0.3, -0.25) is 9.59 Å². The van der Waals surface area contributed by atoms with Crippen LogP contribution in [0.3, 0.4) is 0 Å². The van der Waals surface area contributed by atoms with Crippen LogP contribution in [0.1, 0.15) is 57.4 Å². The van der Waals surface area contributed by atoms with Gasteiger partial charge in [0.15, 0.2) is 0 Å². The molecular weight excluding hydrogens is 340 g/mol. The lowest BCUT2D eigenvalue weighted by Gasteiger charge is -2.27. The first-order chi connectivity index (χ1) is 13.1. The summed E-state index contributed by atoms with van der Waals surface area (Å²) in [5.41, 5.74) is 1.73. The Balaban J connectivity index is 1.74. The number of anilines is 1. The number of methoxy groups -OCH3 is 1. The van der Waals surface area contributed by atoms with E-state index in [1.54, 1.807) is 7.11 Å². The van der Waals surface area contributed by atoms with Gasteiger partial charge in [0.1, 0.15) is 0 Å². The molecule has 150 valence electrons. The summed E-state index contributed by atoms with van der Waals surface area (Å²) in [6.07, 6.45) is 8.55. The van der Waals surface area contributed by atoms with Gasteiger partial charge in [-0.05, 0) is 49.3 Å². The van der Waals surface area contributed by atoms with Gasteiger partial charge in [0.05, 0.1) is 13.0 Å². The summed E-state index contributed by atoms with van der Waals surface area (Å²) in [4.78, 5) is 24.3. The van der Waals surface area contributed by atoms with Crippen LogP contribution in [0, 0.1) is 11.8 Å². The second-order valence-electron chi connectivity index (χ2n) is 7.57. The molecule has 0 unspecified atom stereocenters. The van der Waals surface area contributed by atoms with E-state index < -0.39 is 0 Å². The van der Waals surface area contributed by atoms with Crippen molar-refractivity contribution in [3.8, 4) is 0 Å². The normalized spacial score (nSPS) is 19.5. The van der Waals surface area contributed by atoms with Crippen molar-refractivity contribution >= 4 is 17.5 Å². The topological polar surface area (TPSA) is 67.4 Å². The van der Waals surface area contributed by atoms with Crippen LogP contribution < -0.4 is 10.6 Å². The summed E-state index contributed by atoms with van der Waals surface area (Å²) in [6.45, 7) is 3.26. The predicted octanol–water partition coefficient (Wildman–Crippen LogP) is 3.93. The first-order valence-electron chi connectivity index (χ1n) is 10.3. The largest absolute Gasteiger partial charge is 0.383 e. The van der Waals surface area contributed by atoms with E-state index >= 15 is 0 Å². The standard InChI is InChI=1S/C22H34N2O3/c1-3-4-5-17-6-10-19(11-7-17)22(26)24-20-12-8-18(9-13-20)16-21(25)23-14-15-27-2/h8-9,12-13,17,19H,3-7,10-11,14-16H2,1-2H3,(H,23,25)(H,24,26). The van der Waals surface area contributed by atoms with Gasteiger partial charge in [0.2, 0.25) is 11.8 Å². The summed E-state index contributed by atoms with van der Waals surface area (Å²) in [5, 5.41) is 5.84. The Kier molecular flexibility index (Phi) is 9.32. The van der Waals surface area contributed by atoms with Crippen LogP contribution in [0.15, 0.2) is 24.3 Å². The molecule has 1 fully saturated rings. The molecule has 0 saturated heterocycles. The Morgan fingerprint density at radius 1 is 1.11 bits per heavy atom. The third-order valence-electron chi connectivity index (χ3n) is 5.40. The summed E-state index contributed by atoms with van der Waals surface area (Å²) in [7, 11) is 1.61. The number of unbranched alkanes of at least 4 members (excludes halogenated alkanes) is 1. The SMILES string of the molecule is CCCCC1CCC(C(=O)Nc2ccc(CC(=O)NCCOC)cc2)CC1. The van der Waals surface area contributed by atoms with Gasteiger partial charge in [0, 0.05) is 25.3 Å². The maximum atomic E-state index is 12.5. The van der Waals surface area contributed by atoms with Crippen molar-refractivity contribution < 1.29 is 14.3 Å². The highest BCUT2D eigenvalue weighted by Gasteiger charge is 2.25. The number of benzene rings is 1. The van der Waals surface area contributed by atoms with Crippen LogP contribution >= 0.6 is 0 Å². The zero-order valence-electron chi connectivity index (χ0n) is 16.8. The van der Waals surface area contributed by atoms with Gasteiger partial charge >= 0.3 is 0 Å². The van der Waals surface area contributed by atoms with Gasteiger partial charge in [-0.1, -0.05) is 38.3 Å². The Hall–Kier alpha value is -1.88. The molecule has 2 N–H and O–H groups in total. The molecule has 0 heterocycles. The van der Waals surface area contributed by atoms with E-state index in [1.165, 1.54) is 32.1 Å². The molecule has 0 aromatic heterocycles. The zero-order valence-corrected chi connectivity index (χ0v) is 16.8. The molecular formula is C22H34N2O3. The summed E-state index contributed by atoms with van der Waals surface area (Å²) in [5.74, 6) is 1.05. The minimum atomic E-state index is -0.0244. The number of rotatable bonds is 10. The minimum absolute atomic E-state index is 0.0244. The summed E-state index contributed by atoms with van der Waals surface area (Å²) in [6, 6.07) is 7.55. The molecule has 5 heteroatoms. The van der Waals surface area contributed by atoms with Crippen molar-refractivity contribution in [1.82, 2.24) is 5.32 Å². The number of carbonyl (C=O) groups is 2. The number of carbonyl (C=O) groups excluding carboxylic acids is 2. The fraction of sp³-hybridized carbons (Fsp3) is 0.636. The lowest BCUT2D eigenvalue weighted by molar-refractivity contribution is -0.121. The van der Waals surface area contributed by atoms with Crippen molar-refractivity contribution in [3.63, 3.8) is 0 Å². The quantitative estimate of drug-likeness (QED) is 0.610. The molecule has 1 aliphatic rings. The van der Waals surface area contributed by atoms with E-state index in [0.29, 0.717) is 19.6 Å². The highest BCUT2D eigenvalue weighted by atomic mass is 16.5. The molecule has 1 aromatic rings. The smallest absolute Gasteiger partial charge is 0.227 e. The number of hydrogen-bond donors (Lipinski definition) is 2. The lowest BCUT2D eigenvalue weighted by Crippen LogP contribution is -2.28. The molecule has 0 aliphatic heterocycles. The van der Waals surface area contributed by atoms with E-state index in [9.17, 15) is 9.59 Å². The van der Waals surface area contributed by atoms with Gasteiger partial charge in [-0.15, -0.1) is 0 Å². The van der Waals surface area contributed by atoms with Crippen LogP contribution in [0.25, 0.3) is 0 Å². The van der Waals surface area contributed by atoms with Crippen LogP contribution in [-0.2, 0) is 20.7 Å². The molecule has 2 rings (SSSR count). The van der Waals surface area contributed by atoms with Gasteiger partial charge in [0.25, 0.3) is 0 Å². The second kappa shape index (κ2) is 11.8. The predicted molar refractivity (Wildman–Crippen MR) is 109 cm³/mol. The highest BCUT2D eigenvalue weighted by molar-refractivity contribution is 5.92. The second-order valence-corrected chi connectivity index (χ2v) is 7.57. The Labute approximate surface area is 163 Å². The molecule has 1 aliphatic carbocycles. The highest BCUT2D eigenvalue weighted by Crippen LogP contribution is 2.32. The molecule has 0 radical (unpaired) electrons. The third-order valence-corrected chi connectivity index (χ3v) is 5.40. The van der Waals surface area contributed by atoms with E-state index in [0.717, 1.165) is 30.0 Å². The van der Waals surface area contributed by atoms with Crippen LogP contribution in [0.4, 0.5) is 5.69 Å². The van der Waals surface area contributed by atoms with Crippen molar-refractivity contribution in [3.05, 3.63) is 29.8 Å². The van der Waals surface area contributed by atoms with Gasteiger partial charge < -0.3 is 15.4 Å². The first-order valence-corrected chi connectivity index (χ1v) is 10.3. The van der Waals surface area contributed by atoms with E-state index in [2.05, 4.69) is 17.6 Å². The van der Waals surface area contributed by atoms with Crippen molar-refractivity contribution in [2.75, 3.05) is 25.6 Å². The third kappa shape index (κ3) is 7.71. The number of hydrogen-bond acceptors (Lipinski definition) is 3. The molecule has 0 atom stereocenters. The zero-order chi connectivity index (χ0) is 19.5. The maximum Gasteiger partial charge on any atom is 0.227 e. The molecule has 2 amide bonds. The fourth-order valence-corrected chi connectivity index (χ4v) is 3.70. The number of ether oxygens (including phenoxy) is 1. The average Bonchev–Trinajstić information content (AvgIpc) is 2.68.